The summed E-state index contributed by atoms with van der Waals surface area (Å²) >= 11 is 0. The van der Waals surface area contributed by atoms with Crippen molar-refractivity contribution in [2.75, 3.05) is 5.32 Å². The molecule has 0 spiro atoms. The minimum absolute atomic E-state index is 0.120. The van der Waals surface area contributed by atoms with Gasteiger partial charge in [0.1, 0.15) is 17.4 Å². The Morgan fingerprint density at radius 1 is 1.26 bits per heavy atom. The van der Waals surface area contributed by atoms with Crippen molar-refractivity contribution in [1.82, 2.24) is 4.98 Å². The van der Waals surface area contributed by atoms with Gasteiger partial charge in [0.25, 0.3) is 0 Å². The molecule has 2 rings (SSSR count). The van der Waals surface area contributed by atoms with E-state index in [0.717, 1.165) is 0 Å². The molecule has 2 aromatic rings. The van der Waals surface area contributed by atoms with Crippen LogP contribution in [0.3, 0.4) is 0 Å². The molecule has 1 heterocycles. The number of aryl methyl sites for hydroxylation is 1. The van der Waals surface area contributed by atoms with E-state index in [-0.39, 0.29) is 23.1 Å². The smallest absolute Gasteiger partial charge is 0.237 e. The van der Waals surface area contributed by atoms with Gasteiger partial charge in [-0.1, -0.05) is 6.07 Å². The molecule has 116 valence electrons. The van der Waals surface area contributed by atoms with Crippen molar-refractivity contribution in [3.8, 4) is 17.7 Å². The third kappa shape index (κ3) is 3.92. The van der Waals surface area contributed by atoms with Gasteiger partial charge in [0.2, 0.25) is 11.8 Å². The highest BCUT2D eigenvalue weighted by Crippen LogP contribution is 2.27. The average molecular weight is 309 g/mol. The number of nitrogens with one attached hydrogen (secondary N) is 1. The van der Waals surface area contributed by atoms with Crippen LogP contribution in [0.5, 0.6) is 11.6 Å². The molecule has 0 aliphatic heterocycles. The van der Waals surface area contributed by atoms with Gasteiger partial charge in [0, 0.05) is 24.2 Å². The van der Waals surface area contributed by atoms with Crippen LogP contribution in [-0.2, 0) is 4.79 Å². The summed E-state index contributed by atoms with van der Waals surface area (Å²) in [7, 11) is 0. The Balaban J connectivity index is 2.37. The number of nitrogens with zero attached hydrogens (tertiary/aromatic N) is 2. The molecule has 0 radical (unpaired) electrons. The Morgan fingerprint density at radius 2 is 2.00 bits per heavy atom. The first-order chi connectivity index (χ1) is 10.9. The summed E-state index contributed by atoms with van der Waals surface area (Å²) < 4.78 is 5.64. The van der Waals surface area contributed by atoms with Crippen LogP contribution in [0.4, 0.5) is 5.69 Å². The second kappa shape index (κ2) is 6.71. The number of Topliss-reactive ketones (excluding diaryl/α,β-unsaturated/α-hetero) is 1. The van der Waals surface area contributed by atoms with Gasteiger partial charge in [-0.2, -0.15) is 5.26 Å². The van der Waals surface area contributed by atoms with E-state index in [9.17, 15) is 14.9 Å². The molecule has 0 aliphatic rings. The van der Waals surface area contributed by atoms with E-state index >= 15 is 0 Å². The van der Waals surface area contributed by atoms with E-state index in [1.54, 1.807) is 31.2 Å². The van der Waals surface area contributed by atoms with E-state index in [4.69, 9.17) is 4.74 Å². The zero-order chi connectivity index (χ0) is 17.0. The molecule has 23 heavy (non-hydrogen) atoms. The van der Waals surface area contributed by atoms with Crippen LogP contribution in [0.1, 0.15) is 35.5 Å². The van der Waals surface area contributed by atoms with Gasteiger partial charge < -0.3 is 10.1 Å². The fraction of sp³-hybridized carbons (Fsp3) is 0.176. The molecule has 0 fully saturated rings. The van der Waals surface area contributed by atoms with Crippen LogP contribution >= 0.6 is 0 Å². The van der Waals surface area contributed by atoms with Gasteiger partial charge in [-0.25, -0.2) is 4.98 Å². The van der Waals surface area contributed by atoms with Crippen molar-refractivity contribution in [1.29, 1.82) is 5.26 Å². The molecule has 1 N–H and O–H groups in total. The zero-order valence-electron chi connectivity index (χ0n) is 13.0. The van der Waals surface area contributed by atoms with Crippen LogP contribution in [0.25, 0.3) is 0 Å². The van der Waals surface area contributed by atoms with E-state index in [2.05, 4.69) is 10.3 Å². The van der Waals surface area contributed by atoms with Crippen LogP contribution in [0, 0.1) is 18.3 Å². The monoisotopic (exact) mass is 309 g/mol. The van der Waals surface area contributed by atoms with E-state index < -0.39 is 0 Å². The molecule has 0 unspecified atom stereocenters. The van der Waals surface area contributed by atoms with Gasteiger partial charge in [-0.05, 0) is 32.0 Å². The lowest BCUT2D eigenvalue weighted by molar-refractivity contribution is -0.114. The summed E-state index contributed by atoms with van der Waals surface area (Å²) in [6.45, 7) is 4.51. The van der Waals surface area contributed by atoms with Crippen LogP contribution in [-0.4, -0.2) is 16.7 Å². The largest absolute Gasteiger partial charge is 0.438 e. The predicted octanol–water partition coefficient (Wildman–Crippen LogP) is 3.22. The summed E-state index contributed by atoms with van der Waals surface area (Å²) in [5.74, 6) is 0.190. The van der Waals surface area contributed by atoms with Crippen LogP contribution in [0.2, 0.25) is 0 Å². The molecule has 6 nitrogen and oxygen atoms in total. The normalized spacial score (nSPS) is 9.83. The summed E-state index contributed by atoms with van der Waals surface area (Å²) in [4.78, 5) is 26.8. The van der Waals surface area contributed by atoms with Gasteiger partial charge in [0.15, 0.2) is 5.78 Å². The molecule has 1 amide bonds. The lowest BCUT2D eigenvalue weighted by Gasteiger charge is -2.10. The van der Waals surface area contributed by atoms with Gasteiger partial charge in [0.05, 0.1) is 5.69 Å². The van der Waals surface area contributed by atoms with Gasteiger partial charge in [-0.3, -0.25) is 9.59 Å². The van der Waals surface area contributed by atoms with E-state index in [0.29, 0.717) is 22.7 Å². The second-order valence-electron chi connectivity index (χ2n) is 4.95. The minimum atomic E-state index is -0.195. The number of ketones is 1. The number of rotatable bonds is 4. The lowest BCUT2D eigenvalue weighted by atomic mass is 10.1. The molecule has 0 atom stereocenters. The maximum absolute atomic E-state index is 11.5. The van der Waals surface area contributed by atoms with Crippen molar-refractivity contribution in [2.45, 2.75) is 20.8 Å². The van der Waals surface area contributed by atoms with Crippen molar-refractivity contribution >= 4 is 17.4 Å². The van der Waals surface area contributed by atoms with Crippen molar-refractivity contribution in [2.24, 2.45) is 0 Å². The molecule has 6 heteroatoms. The molecule has 1 aromatic heterocycles. The van der Waals surface area contributed by atoms with Crippen molar-refractivity contribution in [3.63, 3.8) is 0 Å². The number of hydrogen-bond donors (Lipinski definition) is 1. The number of ether oxygens (including phenoxy) is 1. The highest BCUT2D eigenvalue weighted by atomic mass is 16.5. The number of carbonyl (C=O) groups excluding carboxylic acids is 2. The predicted molar refractivity (Wildman–Crippen MR) is 84.5 cm³/mol. The Kier molecular flexibility index (Phi) is 4.72. The number of benzene rings is 1. The number of hydrogen-bond acceptors (Lipinski definition) is 5. The van der Waals surface area contributed by atoms with Crippen LogP contribution in [0.15, 0.2) is 30.3 Å². The highest BCUT2D eigenvalue weighted by molar-refractivity contribution is 5.95. The SMILES string of the molecule is CC(=O)Nc1cccc(Oc2nc(C)c(C(C)=O)cc2C#N)c1. The first-order valence-electron chi connectivity index (χ1n) is 6.89. The highest BCUT2D eigenvalue weighted by Gasteiger charge is 2.14. The maximum Gasteiger partial charge on any atom is 0.237 e. The molecule has 0 bridgehead atoms. The van der Waals surface area contributed by atoms with Crippen LogP contribution < -0.4 is 10.1 Å². The third-order valence-electron chi connectivity index (χ3n) is 3.05. The summed E-state index contributed by atoms with van der Waals surface area (Å²) in [5.41, 5.74) is 1.63. The number of aromatic nitrogens is 1. The summed E-state index contributed by atoms with van der Waals surface area (Å²) in [5, 5.41) is 11.9. The molecular formula is C17H15N3O3. The van der Waals surface area contributed by atoms with Crippen molar-refractivity contribution in [3.05, 3.63) is 47.2 Å². The number of carbonyl (C=O) groups is 2. The van der Waals surface area contributed by atoms with Gasteiger partial charge >= 0.3 is 0 Å². The first kappa shape index (κ1) is 16.2. The molecule has 0 saturated carbocycles. The lowest BCUT2D eigenvalue weighted by Crippen LogP contribution is -2.06. The number of nitriles is 1. The number of amides is 1. The summed E-state index contributed by atoms with van der Waals surface area (Å²) in [6.07, 6.45) is 0. The quantitative estimate of drug-likeness (QED) is 0.875. The zero-order valence-corrected chi connectivity index (χ0v) is 13.0. The minimum Gasteiger partial charge on any atom is -0.438 e. The molecule has 0 saturated heterocycles. The maximum atomic E-state index is 11.5. The Hall–Kier alpha value is -3.20. The summed E-state index contributed by atoms with van der Waals surface area (Å²) in [6, 6.07) is 10.2. The average Bonchev–Trinajstić information content (AvgIpc) is 2.46. The van der Waals surface area contributed by atoms with Crippen molar-refractivity contribution < 1.29 is 14.3 Å². The fourth-order valence-corrected chi connectivity index (χ4v) is 2.05. The topological polar surface area (TPSA) is 92.1 Å². The Labute approximate surface area is 133 Å². The molecule has 0 aliphatic carbocycles. The first-order valence-corrected chi connectivity index (χ1v) is 6.89. The standard InChI is InChI=1S/C17H15N3O3/c1-10-16(11(2)21)7-13(9-18)17(19-10)23-15-6-4-5-14(8-15)20-12(3)22/h4-8H,1-3H3,(H,20,22). The molecule has 1 aromatic carbocycles. The second-order valence-corrected chi connectivity index (χ2v) is 4.95. The Morgan fingerprint density at radius 3 is 2.61 bits per heavy atom. The number of pyridine rings is 1. The Bertz CT molecular complexity index is 822. The van der Waals surface area contributed by atoms with Gasteiger partial charge in [-0.15, -0.1) is 0 Å². The fourth-order valence-electron chi connectivity index (χ4n) is 2.05. The van der Waals surface area contributed by atoms with E-state index in [1.807, 2.05) is 6.07 Å². The third-order valence-corrected chi connectivity index (χ3v) is 3.05. The van der Waals surface area contributed by atoms with E-state index in [1.165, 1.54) is 19.9 Å². The number of anilines is 1. The molecular weight excluding hydrogens is 294 g/mol.